The lowest BCUT2D eigenvalue weighted by molar-refractivity contribution is 0.628. The van der Waals surface area contributed by atoms with Gasteiger partial charge in [0.15, 0.2) is 0 Å². The molecule has 4 heteroatoms. The zero-order valence-corrected chi connectivity index (χ0v) is 12.8. The molecule has 23 heavy (non-hydrogen) atoms. The summed E-state index contributed by atoms with van der Waals surface area (Å²) in [5.74, 6) is 1.32. The molecule has 0 unspecified atom stereocenters. The highest BCUT2D eigenvalue weighted by atomic mass is 19.1. The van der Waals surface area contributed by atoms with Gasteiger partial charge in [0, 0.05) is 29.4 Å². The van der Waals surface area contributed by atoms with Gasteiger partial charge in [-0.3, -0.25) is 4.98 Å². The number of hydrogen-bond donors (Lipinski definition) is 1. The van der Waals surface area contributed by atoms with E-state index in [4.69, 9.17) is 4.98 Å². The van der Waals surface area contributed by atoms with Gasteiger partial charge >= 0.3 is 0 Å². The lowest BCUT2D eigenvalue weighted by atomic mass is 10.1. The lowest BCUT2D eigenvalue weighted by Crippen LogP contribution is -1.94. The number of imidazole rings is 1. The van der Waals surface area contributed by atoms with Gasteiger partial charge in [-0.2, -0.15) is 0 Å². The van der Waals surface area contributed by atoms with Crippen molar-refractivity contribution in [1.29, 1.82) is 0 Å². The van der Waals surface area contributed by atoms with Crippen LogP contribution in [0.15, 0.2) is 48.8 Å². The Hall–Kier alpha value is -2.49. The van der Waals surface area contributed by atoms with Crippen molar-refractivity contribution in [1.82, 2.24) is 15.0 Å². The fourth-order valence-corrected chi connectivity index (χ4v) is 3.33. The van der Waals surface area contributed by atoms with Crippen molar-refractivity contribution in [2.75, 3.05) is 0 Å². The number of H-pyrrole nitrogens is 1. The molecule has 0 aliphatic heterocycles. The molecule has 1 fully saturated rings. The summed E-state index contributed by atoms with van der Waals surface area (Å²) in [5, 5.41) is 0. The molecule has 2 heterocycles. The van der Waals surface area contributed by atoms with Crippen LogP contribution in [-0.4, -0.2) is 15.0 Å². The second kappa shape index (κ2) is 5.95. The van der Waals surface area contributed by atoms with Crippen molar-refractivity contribution in [3.63, 3.8) is 0 Å². The molecule has 116 valence electrons. The third kappa shape index (κ3) is 2.77. The smallest absolute Gasteiger partial charge is 0.123 e. The number of nitrogens with zero attached hydrogens (tertiary/aromatic N) is 2. The highest BCUT2D eigenvalue weighted by Crippen LogP contribution is 2.37. The van der Waals surface area contributed by atoms with Crippen molar-refractivity contribution in [2.45, 2.75) is 31.6 Å². The van der Waals surface area contributed by atoms with Crippen LogP contribution in [0.4, 0.5) is 4.39 Å². The lowest BCUT2D eigenvalue weighted by Gasteiger charge is -2.03. The number of nitrogens with one attached hydrogen (secondary N) is 1. The van der Waals surface area contributed by atoms with Gasteiger partial charge < -0.3 is 4.98 Å². The molecular formula is C19H18FN3. The van der Waals surface area contributed by atoms with Gasteiger partial charge in [-0.25, -0.2) is 9.37 Å². The van der Waals surface area contributed by atoms with Crippen LogP contribution in [0.25, 0.3) is 22.5 Å². The predicted octanol–water partition coefficient (Wildman–Crippen LogP) is 4.94. The Balaban J connectivity index is 1.83. The zero-order chi connectivity index (χ0) is 15.6. The van der Waals surface area contributed by atoms with Gasteiger partial charge in [0.25, 0.3) is 0 Å². The Kier molecular flexibility index (Phi) is 3.66. The molecule has 3 aromatic rings. The van der Waals surface area contributed by atoms with Gasteiger partial charge in [0.2, 0.25) is 0 Å². The predicted molar refractivity (Wildman–Crippen MR) is 88.4 cm³/mol. The molecule has 0 spiro atoms. The minimum absolute atomic E-state index is 0.231. The molecule has 3 nitrogen and oxygen atoms in total. The first-order chi connectivity index (χ1) is 11.3. The first-order valence-electron chi connectivity index (χ1n) is 8.07. The molecule has 1 N–H and O–H groups in total. The van der Waals surface area contributed by atoms with E-state index in [0.717, 1.165) is 28.3 Å². The summed E-state index contributed by atoms with van der Waals surface area (Å²) in [5.41, 5.74) is 3.86. The van der Waals surface area contributed by atoms with E-state index >= 15 is 0 Å². The molecule has 4 rings (SSSR count). The van der Waals surface area contributed by atoms with Crippen LogP contribution >= 0.6 is 0 Å². The Morgan fingerprint density at radius 2 is 1.61 bits per heavy atom. The van der Waals surface area contributed by atoms with Crippen LogP contribution in [0, 0.1) is 5.82 Å². The number of aromatic amines is 1. The van der Waals surface area contributed by atoms with Crippen molar-refractivity contribution < 1.29 is 4.39 Å². The molecule has 1 aliphatic rings. The van der Waals surface area contributed by atoms with Crippen LogP contribution < -0.4 is 0 Å². The monoisotopic (exact) mass is 307 g/mol. The molecule has 0 saturated heterocycles. The van der Waals surface area contributed by atoms with E-state index in [1.807, 2.05) is 12.1 Å². The van der Waals surface area contributed by atoms with Crippen LogP contribution in [0.2, 0.25) is 0 Å². The van der Waals surface area contributed by atoms with E-state index in [1.54, 1.807) is 24.5 Å². The number of rotatable bonds is 3. The van der Waals surface area contributed by atoms with E-state index in [-0.39, 0.29) is 5.82 Å². The molecule has 1 saturated carbocycles. The third-order valence-corrected chi connectivity index (χ3v) is 4.55. The Morgan fingerprint density at radius 1 is 0.913 bits per heavy atom. The molecule has 0 amide bonds. The van der Waals surface area contributed by atoms with E-state index < -0.39 is 0 Å². The van der Waals surface area contributed by atoms with Gasteiger partial charge in [-0.15, -0.1) is 0 Å². The number of benzene rings is 1. The highest BCUT2D eigenvalue weighted by Gasteiger charge is 2.23. The van der Waals surface area contributed by atoms with E-state index in [0.29, 0.717) is 5.92 Å². The quantitative estimate of drug-likeness (QED) is 0.745. The summed E-state index contributed by atoms with van der Waals surface area (Å²) < 4.78 is 13.2. The van der Waals surface area contributed by atoms with Gasteiger partial charge in [0.1, 0.15) is 11.6 Å². The van der Waals surface area contributed by atoms with Crippen LogP contribution in [0.5, 0.6) is 0 Å². The summed E-state index contributed by atoms with van der Waals surface area (Å²) >= 11 is 0. The van der Waals surface area contributed by atoms with E-state index in [1.165, 1.54) is 37.8 Å². The molecule has 0 radical (unpaired) electrons. The molecule has 1 aromatic carbocycles. The second-order valence-electron chi connectivity index (χ2n) is 6.07. The van der Waals surface area contributed by atoms with E-state index in [2.05, 4.69) is 9.97 Å². The van der Waals surface area contributed by atoms with Crippen LogP contribution in [0.1, 0.15) is 37.4 Å². The van der Waals surface area contributed by atoms with Crippen molar-refractivity contribution in [3.05, 3.63) is 60.4 Å². The highest BCUT2D eigenvalue weighted by molar-refractivity contribution is 5.78. The summed E-state index contributed by atoms with van der Waals surface area (Å²) in [4.78, 5) is 12.5. The van der Waals surface area contributed by atoms with E-state index in [9.17, 15) is 4.39 Å². The summed E-state index contributed by atoms with van der Waals surface area (Å²) in [6.07, 6.45) is 8.46. The largest absolute Gasteiger partial charge is 0.341 e. The fraction of sp³-hybridized carbons (Fsp3) is 0.263. The maximum Gasteiger partial charge on any atom is 0.123 e. The Bertz CT molecular complexity index is 787. The van der Waals surface area contributed by atoms with Gasteiger partial charge in [0.05, 0.1) is 11.4 Å². The SMILES string of the molecule is Fc1ccc(-c2nc(C3CCCC3)[nH]c2-c2ccncc2)cc1. The molecule has 0 bridgehead atoms. The van der Waals surface area contributed by atoms with Gasteiger partial charge in [-0.1, -0.05) is 12.8 Å². The average Bonchev–Trinajstić information content (AvgIpc) is 3.26. The maximum absolute atomic E-state index is 13.2. The number of hydrogen-bond acceptors (Lipinski definition) is 2. The first-order valence-corrected chi connectivity index (χ1v) is 8.07. The van der Waals surface area contributed by atoms with Crippen molar-refractivity contribution in [2.24, 2.45) is 0 Å². The molecule has 2 aromatic heterocycles. The Morgan fingerprint density at radius 3 is 2.30 bits per heavy atom. The Labute approximate surface area is 134 Å². The average molecular weight is 307 g/mol. The molecule has 0 atom stereocenters. The van der Waals surface area contributed by atoms with Crippen molar-refractivity contribution >= 4 is 0 Å². The summed E-state index contributed by atoms with van der Waals surface area (Å²) in [6, 6.07) is 10.5. The minimum atomic E-state index is -0.231. The summed E-state index contributed by atoms with van der Waals surface area (Å²) in [6.45, 7) is 0. The second-order valence-corrected chi connectivity index (χ2v) is 6.07. The zero-order valence-electron chi connectivity index (χ0n) is 12.8. The van der Waals surface area contributed by atoms with Crippen LogP contribution in [0.3, 0.4) is 0 Å². The molecule has 1 aliphatic carbocycles. The third-order valence-electron chi connectivity index (χ3n) is 4.55. The first kappa shape index (κ1) is 14.1. The number of pyridine rings is 1. The number of halogens is 1. The summed E-state index contributed by atoms with van der Waals surface area (Å²) in [7, 11) is 0. The molecular weight excluding hydrogens is 289 g/mol. The normalized spacial score (nSPS) is 15.2. The number of aromatic nitrogens is 3. The minimum Gasteiger partial charge on any atom is -0.341 e. The van der Waals surface area contributed by atoms with Gasteiger partial charge in [-0.05, 0) is 49.2 Å². The fourth-order valence-electron chi connectivity index (χ4n) is 3.33. The topological polar surface area (TPSA) is 41.6 Å². The van der Waals surface area contributed by atoms with Crippen LogP contribution in [-0.2, 0) is 0 Å². The maximum atomic E-state index is 13.2. The standard InChI is InChI=1S/C19H18FN3/c20-16-7-5-13(6-8-16)17-18(14-9-11-21-12-10-14)23-19(22-17)15-3-1-2-4-15/h5-12,15H,1-4H2,(H,22,23). The van der Waals surface area contributed by atoms with Crippen molar-refractivity contribution in [3.8, 4) is 22.5 Å².